The summed E-state index contributed by atoms with van der Waals surface area (Å²) in [5.41, 5.74) is -3.00. The predicted octanol–water partition coefficient (Wildman–Crippen LogP) is 0.0519. The average Bonchev–Trinajstić information content (AvgIpc) is 2.37. The Hall–Kier alpha value is -3.21. The first kappa shape index (κ1) is 19.8. The van der Waals surface area contributed by atoms with E-state index in [2.05, 4.69) is 0 Å². The smallest absolute Gasteiger partial charge is 0.336 e. The van der Waals surface area contributed by atoms with Gasteiger partial charge < -0.3 is 25.5 Å². The zero-order valence-corrected chi connectivity index (χ0v) is 11.4. The molecule has 0 unspecified atom stereocenters. The highest BCUT2D eigenvalue weighted by atomic mass is 16.6. The largest absolute Gasteiger partial charge is 0.502 e. The number of para-hydroxylation sites is 2. The molecule has 0 aliphatic rings. The van der Waals surface area contributed by atoms with Crippen LogP contribution in [0.2, 0.25) is 0 Å². The van der Waals surface area contributed by atoms with Gasteiger partial charge in [-0.3, -0.25) is 19.7 Å². The summed E-state index contributed by atoms with van der Waals surface area (Å²) < 4.78 is 0. The van der Waals surface area contributed by atoms with Crippen molar-refractivity contribution < 1.29 is 44.8 Å². The summed E-state index contributed by atoms with van der Waals surface area (Å²) in [6.45, 7) is 0. The number of phenolic OH excluding ortho intramolecular Hbond substituents is 1. The van der Waals surface area contributed by atoms with Crippen molar-refractivity contribution >= 4 is 23.6 Å². The van der Waals surface area contributed by atoms with Crippen LogP contribution in [0.15, 0.2) is 24.3 Å². The maximum absolute atomic E-state index is 10.3. The van der Waals surface area contributed by atoms with Crippen LogP contribution in [0, 0.1) is 10.1 Å². The van der Waals surface area contributed by atoms with Crippen LogP contribution in [0.3, 0.4) is 0 Å². The van der Waals surface area contributed by atoms with E-state index < -0.39 is 41.3 Å². The van der Waals surface area contributed by atoms with Gasteiger partial charge in [-0.25, -0.2) is 4.79 Å². The standard InChI is InChI=1S/C6H5NO3.C6H8O7/c8-6-4-2-1-3-5(6)7(9)10;7-3(8)1-6(13,5(11)12)2-4(9)10/h1-4,8H;13H,1-2H2,(H,7,8)(H,9,10)(H,11,12). The van der Waals surface area contributed by atoms with Gasteiger partial charge in [0.05, 0.1) is 17.8 Å². The van der Waals surface area contributed by atoms with Crippen molar-refractivity contribution in [3.05, 3.63) is 34.4 Å². The van der Waals surface area contributed by atoms with E-state index in [-0.39, 0.29) is 11.4 Å². The molecule has 11 heteroatoms. The lowest BCUT2D eigenvalue weighted by molar-refractivity contribution is -0.385. The maximum Gasteiger partial charge on any atom is 0.336 e. The lowest BCUT2D eigenvalue weighted by atomic mass is 9.96. The Morgan fingerprint density at radius 3 is 1.74 bits per heavy atom. The van der Waals surface area contributed by atoms with E-state index in [1.807, 2.05) is 0 Å². The molecule has 23 heavy (non-hydrogen) atoms. The average molecular weight is 331 g/mol. The Morgan fingerprint density at radius 1 is 1.04 bits per heavy atom. The van der Waals surface area contributed by atoms with Gasteiger partial charge >= 0.3 is 23.6 Å². The quantitative estimate of drug-likeness (QED) is 0.351. The monoisotopic (exact) mass is 331 g/mol. The van der Waals surface area contributed by atoms with Crippen LogP contribution < -0.4 is 0 Å². The third kappa shape index (κ3) is 6.86. The van der Waals surface area contributed by atoms with Crippen molar-refractivity contribution in [2.45, 2.75) is 18.4 Å². The van der Waals surface area contributed by atoms with Crippen molar-refractivity contribution in [3.8, 4) is 5.75 Å². The number of aliphatic hydroxyl groups is 1. The highest BCUT2D eigenvalue weighted by Crippen LogP contribution is 2.23. The number of carbonyl (C=O) groups is 3. The minimum atomic E-state index is -2.74. The van der Waals surface area contributed by atoms with Gasteiger partial charge in [-0.15, -0.1) is 0 Å². The van der Waals surface area contributed by atoms with Gasteiger partial charge in [0, 0.05) is 6.07 Å². The van der Waals surface area contributed by atoms with Crippen LogP contribution in [0.5, 0.6) is 5.75 Å². The van der Waals surface area contributed by atoms with E-state index in [0.29, 0.717) is 0 Å². The molecular weight excluding hydrogens is 318 g/mol. The van der Waals surface area contributed by atoms with E-state index in [1.165, 1.54) is 24.3 Å². The Balaban J connectivity index is 0.000000433. The maximum atomic E-state index is 10.3. The molecule has 1 aromatic carbocycles. The third-order valence-corrected chi connectivity index (χ3v) is 2.36. The second-order valence-corrected chi connectivity index (χ2v) is 4.22. The molecule has 0 atom stereocenters. The highest BCUT2D eigenvalue weighted by molar-refractivity contribution is 5.88. The van der Waals surface area contributed by atoms with Crippen molar-refractivity contribution in [2.75, 3.05) is 0 Å². The molecule has 0 fully saturated rings. The summed E-state index contributed by atoms with van der Waals surface area (Å²) in [6, 6.07) is 5.55. The van der Waals surface area contributed by atoms with Gasteiger partial charge in [-0.2, -0.15) is 0 Å². The van der Waals surface area contributed by atoms with E-state index >= 15 is 0 Å². The lowest BCUT2D eigenvalue weighted by Crippen LogP contribution is -2.42. The zero-order chi connectivity index (χ0) is 18.2. The number of phenols is 1. The third-order valence-electron chi connectivity index (χ3n) is 2.36. The molecule has 0 aliphatic heterocycles. The first-order valence-corrected chi connectivity index (χ1v) is 5.81. The molecule has 0 amide bonds. The molecule has 5 N–H and O–H groups in total. The SMILES string of the molecule is O=C(O)CC(O)(CC(=O)O)C(=O)O.O=[N+]([O-])c1ccccc1O. The number of rotatable bonds is 6. The summed E-state index contributed by atoms with van der Waals surface area (Å²) in [5.74, 6) is -5.32. The first-order chi connectivity index (χ1) is 10.5. The molecule has 0 aliphatic carbocycles. The van der Waals surface area contributed by atoms with Crippen LogP contribution in [0.4, 0.5) is 5.69 Å². The van der Waals surface area contributed by atoms with E-state index in [4.69, 9.17) is 25.5 Å². The minimum Gasteiger partial charge on any atom is -0.502 e. The number of hydrogen-bond acceptors (Lipinski definition) is 7. The van der Waals surface area contributed by atoms with Gasteiger partial charge in [0.2, 0.25) is 0 Å². The number of hydrogen-bond donors (Lipinski definition) is 5. The van der Waals surface area contributed by atoms with E-state index in [9.17, 15) is 24.5 Å². The summed E-state index contributed by atoms with van der Waals surface area (Å²) in [6.07, 6.45) is -2.29. The molecule has 0 spiro atoms. The minimum absolute atomic E-state index is 0.262. The fourth-order valence-corrected chi connectivity index (χ4v) is 1.33. The van der Waals surface area contributed by atoms with Gasteiger partial charge in [0.25, 0.3) is 0 Å². The second kappa shape index (κ2) is 8.29. The van der Waals surface area contributed by atoms with Crippen LogP contribution in [0.25, 0.3) is 0 Å². The van der Waals surface area contributed by atoms with Gasteiger partial charge in [-0.1, -0.05) is 12.1 Å². The molecule has 1 rings (SSSR count). The number of carboxylic acid groups (broad SMARTS) is 3. The van der Waals surface area contributed by atoms with Crippen LogP contribution >= 0.6 is 0 Å². The van der Waals surface area contributed by atoms with E-state index in [1.54, 1.807) is 0 Å². The number of aliphatic carboxylic acids is 3. The summed E-state index contributed by atoms with van der Waals surface area (Å²) in [4.78, 5) is 39.9. The zero-order valence-electron chi connectivity index (χ0n) is 11.4. The van der Waals surface area contributed by atoms with Crippen LogP contribution in [-0.4, -0.2) is 54.0 Å². The molecule has 11 nitrogen and oxygen atoms in total. The van der Waals surface area contributed by atoms with Gasteiger partial charge in [0.1, 0.15) is 0 Å². The number of aromatic hydroxyl groups is 1. The molecule has 0 aromatic heterocycles. The molecule has 1 aromatic rings. The molecular formula is C12H13NO10. The first-order valence-electron chi connectivity index (χ1n) is 5.81. The number of nitro benzene ring substituents is 1. The molecule has 0 heterocycles. The Bertz CT molecular complexity index is 596. The summed E-state index contributed by atoms with van der Waals surface area (Å²) in [5, 5.41) is 52.7. The molecule has 0 bridgehead atoms. The van der Waals surface area contributed by atoms with Crippen molar-refractivity contribution in [1.82, 2.24) is 0 Å². The number of nitrogens with zero attached hydrogens (tertiary/aromatic N) is 1. The summed E-state index contributed by atoms with van der Waals surface area (Å²) >= 11 is 0. The number of benzene rings is 1. The summed E-state index contributed by atoms with van der Waals surface area (Å²) in [7, 11) is 0. The molecule has 0 radical (unpaired) electrons. The number of carboxylic acids is 3. The van der Waals surface area contributed by atoms with Crippen molar-refractivity contribution in [1.29, 1.82) is 0 Å². The van der Waals surface area contributed by atoms with Crippen molar-refractivity contribution in [2.24, 2.45) is 0 Å². The van der Waals surface area contributed by atoms with Gasteiger partial charge in [-0.05, 0) is 6.07 Å². The lowest BCUT2D eigenvalue weighted by Gasteiger charge is -2.18. The fraction of sp³-hybridized carbons (Fsp3) is 0.250. The predicted molar refractivity (Wildman–Crippen MR) is 71.9 cm³/mol. The molecule has 0 saturated heterocycles. The van der Waals surface area contributed by atoms with E-state index in [0.717, 1.165) is 0 Å². The fourth-order valence-electron chi connectivity index (χ4n) is 1.33. The van der Waals surface area contributed by atoms with Crippen molar-refractivity contribution in [3.63, 3.8) is 0 Å². The van der Waals surface area contributed by atoms with Crippen LogP contribution in [0.1, 0.15) is 12.8 Å². The normalized spacial score (nSPS) is 10.1. The van der Waals surface area contributed by atoms with Gasteiger partial charge in [0.15, 0.2) is 11.4 Å². The Kier molecular flexibility index (Phi) is 7.13. The topological polar surface area (TPSA) is 195 Å². The molecule has 126 valence electrons. The highest BCUT2D eigenvalue weighted by Gasteiger charge is 2.40. The molecule has 0 saturated carbocycles. The number of nitro groups is 1. The Morgan fingerprint density at radius 2 is 1.48 bits per heavy atom. The van der Waals surface area contributed by atoms with Crippen LogP contribution in [-0.2, 0) is 14.4 Å². The Labute approximate surface area is 128 Å². The second-order valence-electron chi connectivity index (χ2n) is 4.22.